The molecule has 0 spiro atoms. The van der Waals surface area contributed by atoms with Crippen molar-refractivity contribution in [2.75, 3.05) is 52.0 Å². The molecule has 0 rings (SSSR count). The minimum Gasteiger partial charge on any atom is -0.356 e. The number of guanidine groups is 1. The number of aliphatic imine (C=N–C) groups is 1. The molecule has 0 heterocycles. The van der Waals surface area contributed by atoms with Gasteiger partial charge < -0.3 is 15.5 Å². The lowest BCUT2D eigenvalue weighted by Crippen LogP contribution is -2.41. The Hall–Kier alpha value is -0.560. The summed E-state index contributed by atoms with van der Waals surface area (Å²) < 4.78 is 0. The Bertz CT molecular complexity index is 285. The first-order valence-corrected chi connectivity index (χ1v) is 8.93. The average Bonchev–Trinajstić information content (AvgIpc) is 2.40. The van der Waals surface area contributed by atoms with E-state index >= 15 is 0 Å². The summed E-state index contributed by atoms with van der Waals surface area (Å²) in [5.74, 6) is 1.73. The number of hydrogen-bond donors (Lipinski definition) is 2. The molecule has 7 heteroatoms. The SMILES string of the molecule is CSCCNC(=NCC(=O)N(C)C)NCC(C)SC. The standard InChI is InChI=1S/C12H26N4OS2/c1-10(19-5)8-14-12(13-6-7-18-4)15-9-11(17)16(2)3/h10H,6-9H2,1-5H3,(H2,13,14,15). The minimum absolute atomic E-state index is 0.00359. The Morgan fingerprint density at radius 1 is 1.32 bits per heavy atom. The van der Waals surface area contributed by atoms with Gasteiger partial charge in [-0.1, -0.05) is 6.92 Å². The van der Waals surface area contributed by atoms with Gasteiger partial charge in [0.2, 0.25) is 5.91 Å². The number of rotatable bonds is 8. The van der Waals surface area contributed by atoms with Crippen molar-refractivity contribution < 1.29 is 4.79 Å². The fourth-order valence-corrected chi connectivity index (χ4v) is 1.61. The number of nitrogens with zero attached hydrogens (tertiary/aromatic N) is 2. The topological polar surface area (TPSA) is 56.7 Å². The number of carbonyl (C=O) groups is 1. The molecule has 0 radical (unpaired) electrons. The highest BCUT2D eigenvalue weighted by Gasteiger charge is 2.05. The number of thioether (sulfide) groups is 2. The van der Waals surface area contributed by atoms with E-state index < -0.39 is 0 Å². The highest BCUT2D eigenvalue weighted by Crippen LogP contribution is 2.02. The fourth-order valence-electron chi connectivity index (χ4n) is 1.06. The molecule has 1 amide bonds. The van der Waals surface area contributed by atoms with Crippen LogP contribution in [0.1, 0.15) is 6.92 Å². The minimum atomic E-state index is 0.00359. The van der Waals surface area contributed by atoms with E-state index in [2.05, 4.69) is 35.1 Å². The monoisotopic (exact) mass is 306 g/mol. The van der Waals surface area contributed by atoms with Crippen LogP contribution < -0.4 is 10.6 Å². The predicted molar refractivity (Wildman–Crippen MR) is 88.4 cm³/mol. The van der Waals surface area contributed by atoms with Crippen LogP contribution in [-0.2, 0) is 4.79 Å². The molecule has 0 aliphatic rings. The summed E-state index contributed by atoms with van der Waals surface area (Å²) in [5, 5.41) is 7.01. The molecule has 2 N–H and O–H groups in total. The van der Waals surface area contributed by atoms with Gasteiger partial charge in [-0.15, -0.1) is 0 Å². The van der Waals surface area contributed by atoms with Crippen LogP contribution in [0.5, 0.6) is 0 Å². The molecule has 1 unspecified atom stereocenters. The molecule has 0 bridgehead atoms. The number of likely N-dealkylation sites (N-methyl/N-ethyl adjacent to an activating group) is 1. The Morgan fingerprint density at radius 2 is 2.00 bits per heavy atom. The number of carbonyl (C=O) groups excluding carboxylic acids is 1. The predicted octanol–water partition coefficient (Wildman–Crippen LogP) is 0.724. The van der Waals surface area contributed by atoms with Gasteiger partial charge in [0.1, 0.15) is 6.54 Å². The maximum absolute atomic E-state index is 11.5. The summed E-state index contributed by atoms with van der Waals surface area (Å²) in [6.07, 6.45) is 4.15. The van der Waals surface area contributed by atoms with Crippen molar-refractivity contribution >= 4 is 35.4 Å². The molecule has 112 valence electrons. The van der Waals surface area contributed by atoms with Gasteiger partial charge in [-0.25, -0.2) is 4.99 Å². The van der Waals surface area contributed by atoms with E-state index in [1.165, 1.54) is 0 Å². The van der Waals surface area contributed by atoms with Crippen LogP contribution in [0.15, 0.2) is 4.99 Å². The van der Waals surface area contributed by atoms with E-state index in [9.17, 15) is 4.79 Å². The molecular formula is C12H26N4OS2. The molecule has 0 aromatic heterocycles. The van der Waals surface area contributed by atoms with Gasteiger partial charge in [-0.3, -0.25) is 4.79 Å². The lowest BCUT2D eigenvalue weighted by molar-refractivity contribution is -0.127. The Balaban J connectivity index is 4.30. The van der Waals surface area contributed by atoms with Crippen LogP contribution in [-0.4, -0.2) is 74.0 Å². The first-order valence-electron chi connectivity index (χ1n) is 6.25. The second kappa shape index (κ2) is 11.3. The third-order valence-corrected chi connectivity index (χ3v) is 4.01. The zero-order chi connectivity index (χ0) is 14.7. The molecule has 5 nitrogen and oxygen atoms in total. The first kappa shape index (κ1) is 18.4. The van der Waals surface area contributed by atoms with Gasteiger partial charge in [0, 0.05) is 38.2 Å². The van der Waals surface area contributed by atoms with E-state index in [1.54, 1.807) is 42.5 Å². The zero-order valence-corrected chi connectivity index (χ0v) is 14.2. The first-order chi connectivity index (χ1) is 9.01. The second-order valence-electron chi connectivity index (χ2n) is 4.30. The fraction of sp³-hybridized carbons (Fsp3) is 0.833. The summed E-state index contributed by atoms with van der Waals surface area (Å²) in [7, 11) is 3.48. The van der Waals surface area contributed by atoms with Crippen molar-refractivity contribution in [1.29, 1.82) is 0 Å². The summed E-state index contributed by atoms with van der Waals surface area (Å²) in [6, 6.07) is 0. The highest BCUT2D eigenvalue weighted by atomic mass is 32.2. The second-order valence-corrected chi connectivity index (χ2v) is 6.56. The molecule has 0 saturated heterocycles. The van der Waals surface area contributed by atoms with Gasteiger partial charge in [-0.2, -0.15) is 23.5 Å². The van der Waals surface area contributed by atoms with Gasteiger partial charge in [0.25, 0.3) is 0 Å². The van der Waals surface area contributed by atoms with Crippen LogP contribution in [0.4, 0.5) is 0 Å². The zero-order valence-electron chi connectivity index (χ0n) is 12.5. The van der Waals surface area contributed by atoms with Crippen LogP contribution >= 0.6 is 23.5 Å². The smallest absolute Gasteiger partial charge is 0.243 e. The molecular weight excluding hydrogens is 280 g/mol. The van der Waals surface area contributed by atoms with E-state index in [0.717, 1.165) is 18.8 Å². The van der Waals surface area contributed by atoms with Crippen molar-refractivity contribution in [3.63, 3.8) is 0 Å². The van der Waals surface area contributed by atoms with E-state index in [-0.39, 0.29) is 12.5 Å². The normalized spacial score (nSPS) is 13.0. The van der Waals surface area contributed by atoms with Gasteiger partial charge >= 0.3 is 0 Å². The summed E-state index contributed by atoms with van der Waals surface area (Å²) in [5.41, 5.74) is 0. The van der Waals surface area contributed by atoms with Crippen LogP contribution in [0.2, 0.25) is 0 Å². The van der Waals surface area contributed by atoms with Gasteiger partial charge in [0.05, 0.1) is 0 Å². The van der Waals surface area contributed by atoms with Crippen molar-refractivity contribution in [3.8, 4) is 0 Å². The third-order valence-electron chi connectivity index (χ3n) is 2.43. The van der Waals surface area contributed by atoms with E-state index in [4.69, 9.17) is 0 Å². The maximum atomic E-state index is 11.5. The third kappa shape index (κ3) is 9.95. The number of hydrogen-bond acceptors (Lipinski definition) is 4. The van der Waals surface area contributed by atoms with Crippen molar-refractivity contribution in [2.24, 2.45) is 4.99 Å². The van der Waals surface area contributed by atoms with Crippen LogP contribution in [0, 0.1) is 0 Å². The van der Waals surface area contributed by atoms with Gasteiger partial charge in [0.15, 0.2) is 5.96 Å². The molecule has 0 aromatic rings. The number of amides is 1. The Kier molecular flexibility index (Phi) is 10.9. The Morgan fingerprint density at radius 3 is 2.53 bits per heavy atom. The van der Waals surface area contributed by atoms with E-state index in [1.807, 2.05) is 0 Å². The molecule has 0 aromatic carbocycles. The number of nitrogens with one attached hydrogen (secondary N) is 2. The molecule has 0 aliphatic carbocycles. The molecule has 0 saturated carbocycles. The Labute approximate surface area is 125 Å². The van der Waals surface area contributed by atoms with Crippen molar-refractivity contribution in [1.82, 2.24) is 15.5 Å². The molecule has 1 atom stereocenters. The quantitative estimate of drug-likeness (QED) is 0.393. The van der Waals surface area contributed by atoms with Crippen molar-refractivity contribution in [3.05, 3.63) is 0 Å². The molecule has 0 aliphatic heterocycles. The molecule has 19 heavy (non-hydrogen) atoms. The molecule has 0 fully saturated rings. The van der Waals surface area contributed by atoms with Crippen LogP contribution in [0.25, 0.3) is 0 Å². The maximum Gasteiger partial charge on any atom is 0.243 e. The summed E-state index contributed by atoms with van der Waals surface area (Å²) in [4.78, 5) is 17.4. The van der Waals surface area contributed by atoms with Gasteiger partial charge in [-0.05, 0) is 12.5 Å². The lowest BCUT2D eigenvalue weighted by atomic mass is 10.5. The summed E-state index contributed by atoms with van der Waals surface area (Å²) >= 11 is 3.58. The highest BCUT2D eigenvalue weighted by molar-refractivity contribution is 7.99. The summed E-state index contributed by atoms with van der Waals surface area (Å²) in [6.45, 7) is 4.01. The average molecular weight is 307 g/mol. The van der Waals surface area contributed by atoms with Crippen molar-refractivity contribution in [2.45, 2.75) is 12.2 Å². The lowest BCUT2D eigenvalue weighted by Gasteiger charge is -2.15. The van der Waals surface area contributed by atoms with Crippen LogP contribution in [0.3, 0.4) is 0 Å². The largest absolute Gasteiger partial charge is 0.356 e. The van der Waals surface area contributed by atoms with E-state index in [0.29, 0.717) is 11.2 Å².